The molecule has 11 heteroatoms. The molecule has 0 fully saturated rings. The zero-order valence-electron chi connectivity index (χ0n) is 17.9. The van der Waals surface area contributed by atoms with Gasteiger partial charge in [-0.3, -0.25) is 15.5 Å². The standard InChI is InChI=1S/C23H17F2N7O2/c1-30-11-14(7-8-18(30)33)19-20(13-5-3-2-4-6-13)28-22(26)32-21(19)29-31(23(32)34)12-17-16(25)9-15(24)10-27-17/h2-11H,12H2,1H3,(H2,26,28)/p+1. The molecule has 0 bridgehead atoms. The van der Waals surface area contributed by atoms with Crippen molar-refractivity contribution in [1.29, 1.82) is 0 Å². The van der Waals surface area contributed by atoms with Crippen LogP contribution in [0.3, 0.4) is 0 Å². The van der Waals surface area contributed by atoms with Crippen LogP contribution in [0.25, 0.3) is 28.0 Å². The summed E-state index contributed by atoms with van der Waals surface area (Å²) in [7, 11) is 1.61. The number of H-pyrrole nitrogens is 1. The lowest BCUT2D eigenvalue weighted by atomic mass is 10.0. The third-order valence-corrected chi connectivity index (χ3v) is 5.43. The van der Waals surface area contributed by atoms with E-state index in [1.54, 1.807) is 19.3 Å². The van der Waals surface area contributed by atoms with E-state index in [1.807, 2.05) is 30.3 Å². The first-order valence-corrected chi connectivity index (χ1v) is 10.2. The number of fused-ring (bicyclic) bond motifs is 1. The quantitative estimate of drug-likeness (QED) is 0.436. The van der Waals surface area contributed by atoms with E-state index in [-0.39, 0.29) is 29.4 Å². The van der Waals surface area contributed by atoms with E-state index in [0.717, 1.165) is 20.8 Å². The van der Waals surface area contributed by atoms with Crippen LogP contribution in [0.4, 0.5) is 14.7 Å². The van der Waals surface area contributed by atoms with E-state index in [4.69, 9.17) is 5.73 Å². The number of halogens is 2. The third kappa shape index (κ3) is 3.52. The van der Waals surface area contributed by atoms with Gasteiger partial charge >= 0.3 is 11.6 Å². The normalized spacial score (nSPS) is 11.3. The number of nitrogen functional groups attached to an aromatic ring is 1. The van der Waals surface area contributed by atoms with E-state index in [2.05, 4.69) is 15.1 Å². The van der Waals surface area contributed by atoms with Gasteiger partial charge in [0.15, 0.2) is 0 Å². The molecule has 4 heterocycles. The minimum absolute atomic E-state index is 0.00575. The Kier molecular flexibility index (Phi) is 5.01. The molecule has 0 saturated heterocycles. The number of aryl methyl sites for hydroxylation is 1. The van der Waals surface area contributed by atoms with Crippen molar-refractivity contribution < 1.29 is 13.8 Å². The summed E-state index contributed by atoms with van der Waals surface area (Å²) in [4.78, 5) is 32.0. The van der Waals surface area contributed by atoms with E-state index in [1.165, 1.54) is 10.6 Å². The Morgan fingerprint density at radius 1 is 1.06 bits per heavy atom. The van der Waals surface area contributed by atoms with Crippen LogP contribution in [0, 0.1) is 11.6 Å². The predicted molar refractivity (Wildman–Crippen MR) is 120 cm³/mol. The number of benzene rings is 1. The van der Waals surface area contributed by atoms with Crippen molar-refractivity contribution in [3.8, 4) is 22.4 Å². The van der Waals surface area contributed by atoms with Gasteiger partial charge in [-0.15, -0.1) is 9.50 Å². The fourth-order valence-corrected chi connectivity index (χ4v) is 3.79. The van der Waals surface area contributed by atoms with Crippen LogP contribution in [0.2, 0.25) is 0 Å². The topological polar surface area (TPSA) is 114 Å². The molecule has 0 spiro atoms. The fourth-order valence-electron chi connectivity index (χ4n) is 3.79. The summed E-state index contributed by atoms with van der Waals surface area (Å²) in [6, 6.07) is 13.0. The van der Waals surface area contributed by atoms with Gasteiger partial charge in [0.25, 0.3) is 0 Å². The monoisotopic (exact) mass is 462 g/mol. The van der Waals surface area contributed by atoms with Crippen LogP contribution in [0.15, 0.2) is 70.5 Å². The fraction of sp³-hybridized carbons (Fsp3) is 0.0870. The summed E-state index contributed by atoms with van der Waals surface area (Å²) in [5.41, 5.74) is 7.87. The molecule has 170 valence electrons. The molecule has 0 aliphatic carbocycles. The minimum atomic E-state index is -0.897. The number of rotatable bonds is 4. The second-order valence-corrected chi connectivity index (χ2v) is 7.67. The summed E-state index contributed by atoms with van der Waals surface area (Å²) >= 11 is 0. The maximum atomic E-state index is 14.2. The highest BCUT2D eigenvalue weighted by Gasteiger charge is 2.26. The molecule has 0 amide bonds. The molecule has 1 aromatic carbocycles. The van der Waals surface area contributed by atoms with Crippen LogP contribution in [0.1, 0.15) is 5.69 Å². The largest absolute Gasteiger partial charge is 0.411 e. The highest BCUT2D eigenvalue weighted by atomic mass is 19.1. The molecule has 4 aromatic heterocycles. The highest BCUT2D eigenvalue weighted by Crippen LogP contribution is 2.31. The Morgan fingerprint density at radius 2 is 1.82 bits per heavy atom. The van der Waals surface area contributed by atoms with E-state index in [0.29, 0.717) is 22.9 Å². The van der Waals surface area contributed by atoms with Gasteiger partial charge in [0.1, 0.15) is 17.3 Å². The molecular formula is C23H18F2N7O2+. The van der Waals surface area contributed by atoms with Crippen molar-refractivity contribution in [3.05, 3.63) is 99.1 Å². The molecule has 0 aliphatic rings. The van der Waals surface area contributed by atoms with Gasteiger partial charge in [0.05, 0.1) is 24.0 Å². The Balaban J connectivity index is 1.81. The second kappa shape index (κ2) is 8.03. The maximum Gasteiger partial charge on any atom is 0.411 e. The molecule has 5 rings (SSSR count). The van der Waals surface area contributed by atoms with Gasteiger partial charge in [-0.25, -0.2) is 18.6 Å². The summed E-state index contributed by atoms with van der Waals surface area (Å²) in [6.07, 6.45) is 2.49. The van der Waals surface area contributed by atoms with Crippen LogP contribution in [-0.4, -0.2) is 23.7 Å². The molecule has 0 atom stereocenters. The molecule has 0 saturated carbocycles. The van der Waals surface area contributed by atoms with E-state index in [9.17, 15) is 18.4 Å². The molecule has 34 heavy (non-hydrogen) atoms. The van der Waals surface area contributed by atoms with Gasteiger partial charge in [0, 0.05) is 36.5 Å². The number of pyridine rings is 2. The number of nitrogens with one attached hydrogen (secondary N) is 1. The van der Waals surface area contributed by atoms with Crippen molar-refractivity contribution in [3.63, 3.8) is 0 Å². The smallest absolute Gasteiger partial charge is 0.318 e. The van der Waals surface area contributed by atoms with Crippen molar-refractivity contribution in [2.45, 2.75) is 6.54 Å². The van der Waals surface area contributed by atoms with Gasteiger partial charge < -0.3 is 4.57 Å². The number of anilines is 1. The summed E-state index contributed by atoms with van der Waals surface area (Å²) < 4.78 is 31.0. The number of hydrogen-bond acceptors (Lipinski definition) is 5. The average Bonchev–Trinajstić information content (AvgIpc) is 3.14. The van der Waals surface area contributed by atoms with Gasteiger partial charge in [-0.1, -0.05) is 30.3 Å². The Labute approximate surface area is 190 Å². The van der Waals surface area contributed by atoms with Crippen molar-refractivity contribution in [2.75, 3.05) is 5.73 Å². The van der Waals surface area contributed by atoms with Crippen LogP contribution >= 0.6 is 0 Å². The summed E-state index contributed by atoms with van der Waals surface area (Å²) in [5, 5.41) is 4.43. The molecule has 5 aromatic rings. The Bertz CT molecular complexity index is 1670. The molecule has 9 nitrogen and oxygen atoms in total. The third-order valence-electron chi connectivity index (χ3n) is 5.43. The van der Waals surface area contributed by atoms with E-state index >= 15 is 0 Å². The molecular weight excluding hydrogens is 444 g/mol. The highest BCUT2D eigenvalue weighted by molar-refractivity contribution is 5.88. The first-order chi connectivity index (χ1) is 16.3. The van der Waals surface area contributed by atoms with Crippen molar-refractivity contribution >= 4 is 11.6 Å². The van der Waals surface area contributed by atoms with Crippen LogP contribution < -0.4 is 22.0 Å². The number of nitrogens with zero attached hydrogens (tertiary/aromatic N) is 5. The average molecular weight is 462 g/mol. The lowest BCUT2D eigenvalue weighted by Gasteiger charge is -2.10. The Morgan fingerprint density at radius 3 is 2.53 bits per heavy atom. The lowest BCUT2D eigenvalue weighted by Crippen LogP contribution is -2.28. The van der Waals surface area contributed by atoms with Gasteiger partial charge in [-0.2, -0.15) is 4.68 Å². The number of nitrogens with two attached hydrogens (primary N) is 1. The Hall–Kier alpha value is -4.67. The predicted octanol–water partition coefficient (Wildman–Crippen LogP) is 1.65. The van der Waals surface area contributed by atoms with E-state index < -0.39 is 17.3 Å². The van der Waals surface area contributed by atoms with Gasteiger partial charge in [-0.05, 0) is 6.07 Å². The SMILES string of the molecule is Cn1cc(-c2c(-c3ccccc3)[nH+]c(N)n3c(=O)n(Cc4ncc(F)cc4F)nc23)ccc1=O. The van der Waals surface area contributed by atoms with Gasteiger partial charge in [0.2, 0.25) is 11.2 Å². The summed E-state index contributed by atoms with van der Waals surface area (Å²) in [5.74, 6) is -1.72. The second-order valence-electron chi connectivity index (χ2n) is 7.67. The lowest BCUT2D eigenvalue weighted by molar-refractivity contribution is -0.351. The number of aromatic nitrogens is 6. The zero-order chi connectivity index (χ0) is 24.0. The van der Waals surface area contributed by atoms with Crippen molar-refractivity contribution in [2.24, 2.45) is 7.05 Å². The molecule has 0 unspecified atom stereocenters. The molecule has 3 N–H and O–H groups in total. The first-order valence-electron chi connectivity index (χ1n) is 10.2. The number of aromatic amines is 1. The molecule has 0 aliphatic heterocycles. The minimum Gasteiger partial charge on any atom is -0.318 e. The number of hydrogen-bond donors (Lipinski definition) is 1. The zero-order valence-corrected chi connectivity index (χ0v) is 17.9. The van der Waals surface area contributed by atoms with Crippen molar-refractivity contribution in [1.82, 2.24) is 23.7 Å². The first kappa shape index (κ1) is 21.2. The maximum absolute atomic E-state index is 14.2. The molecule has 0 radical (unpaired) electrons. The summed E-state index contributed by atoms with van der Waals surface area (Å²) in [6.45, 7) is -0.334. The van der Waals surface area contributed by atoms with Crippen LogP contribution in [0.5, 0.6) is 0 Å². The van der Waals surface area contributed by atoms with Crippen LogP contribution in [-0.2, 0) is 13.6 Å².